The van der Waals surface area contributed by atoms with Crippen LogP contribution in [-0.2, 0) is 25.2 Å². The van der Waals surface area contributed by atoms with Crippen LogP contribution in [0.4, 0.5) is 0 Å². The van der Waals surface area contributed by atoms with Crippen LogP contribution in [0, 0.1) is 3.57 Å². The molecule has 6 atom stereocenters. The SMILES string of the molecule is COC(=O)C(Cc1ccccc1)N=[P+]([O-])OC(O)C1OC(n2cc(I)c(=O)[nH]c2=O)CC1O. The second-order valence-electron chi connectivity index (χ2n) is 7.08. The number of carbonyl (C=O) groups excluding carboxylic acids is 1. The summed E-state index contributed by atoms with van der Waals surface area (Å²) >= 11 is 1.74. The topological polar surface area (TPSA) is 175 Å². The molecule has 1 aromatic carbocycles. The van der Waals surface area contributed by atoms with Gasteiger partial charge in [0.2, 0.25) is 6.29 Å². The lowest BCUT2D eigenvalue weighted by Crippen LogP contribution is -2.36. The molecule has 0 amide bonds. The van der Waals surface area contributed by atoms with Gasteiger partial charge in [0, 0.05) is 19.0 Å². The van der Waals surface area contributed by atoms with Crippen LogP contribution in [0.2, 0.25) is 0 Å². The zero-order valence-electron chi connectivity index (χ0n) is 17.2. The molecule has 0 bridgehead atoms. The average Bonchev–Trinajstić information content (AvgIpc) is 3.17. The Balaban J connectivity index is 1.70. The first-order valence-corrected chi connectivity index (χ1v) is 11.9. The van der Waals surface area contributed by atoms with E-state index < -0.39 is 56.2 Å². The molecule has 0 radical (unpaired) electrons. The smallest absolute Gasteiger partial charge is 0.345 e. The van der Waals surface area contributed by atoms with Crippen LogP contribution in [0.5, 0.6) is 0 Å². The minimum atomic E-state index is -2.90. The maximum atomic E-state index is 12.4. The van der Waals surface area contributed by atoms with Crippen molar-refractivity contribution in [1.82, 2.24) is 9.55 Å². The van der Waals surface area contributed by atoms with Crippen molar-refractivity contribution in [2.75, 3.05) is 7.11 Å². The molecule has 2 aromatic rings. The number of rotatable bonds is 8. The van der Waals surface area contributed by atoms with E-state index in [4.69, 9.17) is 14.0 Å². The molecule has 0 spiro atoms. The average molecular weight is 593 g/mol. The summed E-state index contributed by atoms with van der Waals surface area (Å²) in [5.74, 6) is -0.732. The lowest BCUT2D eigenvalue weighted by atomic mass is 10.1. The van der Waals surface area contributed by atoms with Crippen molar-refractivity contribution in [2.45, 2.75) is 43.6 Å². The molecule has 2 heterocycles. The fourth-order valence-electron chi connectivity index (χ4n) is 3.22. The number of esters is 1. The highest BCUT2D eigenvalue weighted by Crippen LogP contribution is 2.33. The fourth-order valence-corrected chi connectivity index (χ4v) is 4.42. The molecule has 1 aliphatic rings. The summed E-state index contributed by atoms with van der Waals surface area (Å²) in [6.45, 7) is 0. The Hall–Kier alpha value is -2.00. The van der Waals surface area contributed by atoms with Crippen LogP contribution in [0.3, 0.4) is 0 Å². The third-order valence-electron chi connectivity index (χ3n) is 4.83. The van der Waals surface area contributed by atoms with Crippen molar-refractivity contribution in [2.24, 2.45) is 4.74 Å². The highest BCUT2D eigenvalue weighted by Gasteiger charge is 2.42. The molecule has 0 saturated carbocycles. The lowest BCUT2D eigenvalue weighted by Gasteiger charge is -2.18. The highest BCUT2D eigenvalue weighted by molar-refractivity contribution is 14.1. The van der Waals surface area contributed by atoms with E-state index in [-0.39, 0.29) is 16.4 Å². The van der Waals surface area contributed by atoms with Gasteiger partial charge >= 0.3 is 19.8 Å². The number of aromatic amines is 1. The lowest BCUT2D eigenvalue weighted by molar-refractivity contribution is -0.211. The van der Waals surface area contributed by atoms with Gasteiger partial charge in [0.15, 0.2) is 6.04 Å². The molecule has 14 heteroatoms. The molecule has 3 N–H and O–H groups in total. The van der Waals surface area contributed by atoms with E-state index in [1.54, 1.807) is 52.9 Å². The number of hydrogen-bond acceptors (Lipinski definition) is 10. The number of ether oxygens (including phenoxy) is 2. The number of aliphatic hydroxyl groups is 2. The Kier molecular flexibility index (Phi) is 8.87. The van der Waals surface area contributed by atoms with Gasteiger partial charge in [0.25, 0.3) is 5.56 Å². The quantitative estimate of drug-likeness (QED) is 0.162. The van der Waals surface area contributed by atoms with E-state index in [1.165, 1.54) is 13.3 Å². The first kappa shape index (κ1) is 25.6. The molecular formula is C19H21IN3O9P. The van der Waals surface area contributed by atoms with Gasteiger partial charge in [-0.2, -0.15) is 0 Å². The molecule has 1 aromatic heterocycles. The number of halogens is 1. The van der Waals surface area contributed by atoms with E-state index in [0.717, 1.165) is 10.1 Å². The van der Waals surface area contributed by atoms with E-state index in [0.29, 0.717) is 0 Å². The molecule has 178 valence electrons. The van der Waals surface area contributed by atoms with Crippen molar-refractivity contribution in [3.8, 4) is 0 Å². The van der Waals surface area contributed by atoms with Crippen LogP contribution in [-0.4, -0.2) is 57.4 Å². The number of carbonyl (C=O) groups is 1. The molecule has 3 rings (SSSR count). The Labute approximate surface area is 201 Å². The zero-order valence-corrected chi connectivity index (χ0v) is 20.3. The summed E-state index contributed by atoms with van der Waals surface area (Å²) in [6.07, 6.45) is -4.24. The number of benzene rings is 1. The molecule has 6 unspecified atom stereocenters. The second kappa shape index (κ2) is 11.4. The van der Waals surface area contributed by atoms with Gasteiger partial charge in [0.1, 0.15) is 12.3 Å². The van der Waals surface area contributed by atoms with Gasteiger partial charge in [-0.15, -0.1) is 4.52 Å². The zero-order chi connectivity index (χ0) is 24.1. The largest absolute Gasteiger partial charge is 0.583 e. The standard InChI is InChI=1S/C19H21IN3O9P/c1-30-17(26)12(7-10-5-3-2-4-6-10)22-33(29)32-18(27)15-13(24)8-14(31-15)23-9-11(20)16(25)21-19(23)28/h2-6,9,12-15,18,24,27H,7-8H2,1H3,(H,21,25,28). The maximum absolute atomic E-state index is 12.4. The predicted octanol–water partition coefficient (Wildman–Crippen LogP) is -0.235. The van der Waals surface area contributed by atoms with Crippen LogP contribution in [0.1, 0.15) is 18.2 Å². The summed E-state index contributed by atoms with van der Waals surface area (Å²) in [4.78, 5) is 50.1. The van der Waals surface area contributed by atoms with Gasteiger partial charge in [-0.25, -0.2) is 9.59 Å². The van der Waals surface area contributed by atoms with E-state index in [9.17, 15) is 29.5 Å². The number of methoxy groups -OCH3 is 1. The summed E-state index contributed by atoms with van der Waals surface area (Å²) in [5, 5.41) is 20.6. The van der Waals surface area contributed by atoms with Crippen molar-refractivity contribution in [1.29, 1.82) is 0 Å². The third-order valence-corrected chi connectivity index (χ3v) is 6.46. The van der Waals surface area contributed by atoms with Crippen molar-refractivity contribution in [3.63, 3.8) is 0 Å². The van der Waals surface area contributed by atoms with E-state index >= 15 is 0 Å². The normalized spacial score (nSPS) is 22.7. The van der Waals surface area contributed by atoms with Crippen LogP contribution in [0.15, 0.2) is 50.9 Å². The monoisotopic (exact) mass is 593 g/mol. The van der Waals surface area contributed by atoms with Gasteiger partial charge in [-0.05, 0) is 28.2 Å². The highest BCUT2D eigenvalue weighted by atomic mass is 127. The number of H-pyrrole nitrogens is 1. The van der Waals surface area contributed by atoms with Gasteiger partial charge in [-0.1, -0.05) is 35.1 Å². The minimum Gasteiger partial charge on any atom is -0.583 e. The van der Waals surface area contributed by atoms with Crippen LogP contribution >= 0.6 is 30.8 Å². The second-order valence-corrected chi connectivity index (χ2v) is 9.16. The Bertz CT molecular complexity index is 1120. The summed E-state index contributed by atoms with van der Waals surface area (Å²) in [5.41, 5.74) is -0.569. The number of aliphatic hydroxyl groups excluding tert-OH is 2. The van der Waals surface area contributed by atoms with E-state index in [1.807, 2.05) is 0 Å². The van der Waals surface area contributed by atoms with Gasteiger partial charge in [0.05, 0.1) is 16.8 Å². The molecule has 0 aliphatic carbocycles. The molecular weight excluding hydrogens is 572 g/mol. The van der Waals surface area contributed by atoms with Crippen LogP contribution < -0.4 is 16.1 Å². The Morgan fingerprint density at radius 1 is 1.42 bits per heavy atom. The third kappa shape index (κ3) is 6.53. The maximum Gasteiger partial charge on any atom is 0.345 e. The Morgan fingerprint density at radius 2 is 2.12 bits per heavy atom. The number of hydrogen-bond donors (Lipinski definition) is 3. The molecule has 1 saturated heterocycles. The van der Waals surface area contributed by atoms with Gasteiger partial charge in [-0.3, -0.25) is 14.3 Å². The summed E-state index contributed by atoms with van der Waals surface area (Å²) in [6, 6.07) is 7.73. The van der Waals surface area contributed by atoms with E-state index in [2.05, 4.69) is 9.73 Å². The fraction of sp³-hybridized carbons (Fsp3) is 0.421. The number of aromatic nitrogens is 2. The molecule has 12 nitrogen and oxygen atoms in total. The molecule has 1 aliphatic heterocycles. The molecule has 1 fully saturated rings. The van der Waals surface area contributed by atoms with Gasteiger partial charge < -0.3 is 24.6 Å². The first-order chi connectivity index (χ1) is 15.7. The first-order valence-electron chi connectivity index (χ1n) is 9.68. The van der Waals surface area contributed by atoms with Crippen molar-refractivity contribution < 1.29 is 33.9 Å². The minimum absolute atomic E-state index is 0.0974. The summed E-state index contributed by atoms with van der Waals surface area (Å²) < 4.78 is 20.3. The number of nitrogens with one attached hydrogen (secondary N) is 1. The predicted molar refractivity (Wildman–Crippen MR) is 121 cm³/mol. The van der Waals surface area contributed by atoms with Crippen molar-refractivity contribution >= 4 is 36.7 Å². The van der Waals surface area contributed by atoms with Crippen molar-refractivity contribution in [3.05, 3.63) is 66.5 Å². The van der Waals surface area contributed by atoms with Crippen LogP contribution in [0.25, 0.3) is 0 Å². The molecule has 33 heavy (non-hydrogen) atoms. The summed E-state index contributed by atoms with van der Waals surface area (Å²) in [7, 11) is -1.73. The number of nitrogens with zero attached hydrogens (tertiary/aromatic N) is 2. The Morgan fingerprint density at radius 3 is 2.79 bits per heavy atom.